The molecule has 32 heavy (non-hydrogen) atoms. The molecule has 2 N–H and O–H groups in total. The van der Waals surface area contributed by atoms with E-state index in [1.807, 2.05) is 0 Å². The molecule has 1 saturated heterocycles. The number of nitrogens with zero attached hydrogens (tertiary/aromatic N) is 5. The van der Waals surface area contributed by atoms with Gasteiger partial charge in [0.1, 0.15) is 0 Å². The molecule has 172 valence electrons. The van der Waals surface area contributed by atoms with Crippen molar-refractivity contribution in [1.29, 1.82) is 0 Å². The summed E-state index contributed by atoms with van der Waals surface area (Å²) >= 11 is 0. The molecule has 0 radical (unpaired) electrons. The third-order valence-corrected chi connectivity index (χ3v) is 7.75. The summed E-state index contributed by atoms with van der Waals surface area (Å²) in [5.41, 5.74) is 8.41. The summed E-state index contributed by atoms with van der Waals surface area (Å²) in [6, 6.07) is 3.73. The molecule has 5 fully saturated rings. The van der Waals surface area contributed by atoms with E-state index < -0.39 is 12.1 Å². The van der Waals surface area contributed by atoms with Gasteiger partial charge in [0.15, 0.2) is 11.6 Å². The van der Waals surface area contributed by atoms with Crippen LogP contribution in [0.5, 0.6) is 5.75 Å². The topological polar surface area (TPSA) is 72.4 Å². The Hall–Kier alpha value is -2.33. The average Bonchev–Trinajstić information content (AvgIpc) is 3.42. The number of nitrogen functional groups attached to an aromatic ring is 1. The lowest BCUT2D eigenvalue weighted by Crippen LogP contribution is -2.78. The van der Waals surface area contributed by atoms with Crippen molar-refractivity contribution in [1.82, 2.24) is 24.6 Å². The summed E-state index contributed by atoms with van der Waals surface area (Å²) in [6.45, 7) is 4.48. The van der Waals surface area contributed by atoms with Crippen LogP contribution in [0.25, 0.3) is 11.3 Å². The van der Waals surface area contributed by atoms with Crippen LogP contribution in [0.15, 0.2) is 18.3 Å². The zero-order chi connectivity index (χ0) is 22.3. The van der Waals surface area contributed by atoms with Crippen molar-refractivity contribution in [3.05, 3.63) is 24.0 Å². The van der Waals surface area contributed by atoms with Gasteiger partial charge in [-0.15, -0.1) is 13.2 Å². The number of nitrogens with two attached hydrogens (primary N) is 1. The SMILES string of the molecule is CN1CCN(C23CC(c4cc(-c5cnc(N)c(OC(F)(F)F)c5)nn4C4CC4)(C2)C3)CC1. The molecule has 0 aromatic carbocycles. The molecule has 7 rings (SSSR count). The van der Waals surface area contributed by atoms with Gasteiger partial charge < -0.3 is 15.4 Å². The number of likely N-dealkylation sites (N-methyl/N-ethyl adjacent to an activating group) is 1. The van der Waals surface area contributed by atoms with Gasteiger partial charge in [0.25, 0.3) is 0 Å². The van der Waals surface area contributed by atoms with Gasteiger partial charge >= 0.3 is 6.36 Å². The highest BCUT2D eigenvalue weighted by atomic mass is 19.4. The number of hydrogen-bond acceptors (Lipinski definition) is 6. The van der Waals surface area contributed by atoms with E-state index in [0.717, 1.165) is 58.3 Å². The fourth-order valence-corrected chi connectivity index (χ4v) is 5.95. The van der Waals surface area contributed by atoms with Crippen molar-refractivity contribution in [2.24, 2.45) is 0 Å². The number of pyridine rings is 1. The summed E-state index contributed by atoms with van der Waals surface area (Å²) in [5, 5.41) is 4.81. The largest absolute Gasteiger partial charge is 0.573 e. The molecule has 0 unspecified atom stereocenters. The molecular formula is C22H27F3N6O. The summed E-state index contributed by atoms with van der Waals surface area (Å²) in [5.74, 6) is -0.779. The van der Waals surface area contributed by atoms with E-state index >= 15 is 0 Å². The van der Waals surface area contributed by atoms with Crippen LogP contribution in [-0.4, -0.2) is 69.7 Å². The number of hydrogen-bond donors (Lipinski definition) is 1. The number of halogens is 3. The Kier molecular flexibility index (Phi) is 4.18. The molecule has 7 nitrogen and oxygen atoms in total. The van der Waals surface area contributed by atoms with Crippen molar-refractivity contribution in [3.63, 3.8) is 0 Å². The van der Waals surface area contributed by atoms with Gasteiger partial charge in [-0.1, -0.05) is 0 Å². The highest BCUT2D eigenvalue weighted by Crippen LogP contribution is 2.71. The molecule has 4 aliphatic carbocycles. The third-order valence-electron chi connectivity index (χ3n) is 7.75. The monoisotopic (exact) mass is 448 g/mol. The summed E-state index contributed by atoms with van der Waals surface area (Å²) in [6.07, 6.45) is 2.26. The molecule has 5 aliphatic rings. The molecule has 0 atom stereocenters. The fraction of sp³-hybridized carbons (Fsp3) is 0.636. The summed E-state index contributed by atoms with van der Waals surface area (Å²) in [4.78, 5) is 8.96. The summed E-state index contributed by atoms with van der Waals surface area (Å²) < 4.78 is 44.4. The highest BCUT2D eigenvalue weighted by molar-refractivity contribution is 5.65. The number of aromatic nitrogens is 3. The highest BCUT2D eigenvalue weighted by Gasteiger charge is 2.71. The molecular weight excluding hydrogens is 421 g/mol. The lowest BCUT2D eigenvalue weighted by molar-refractivity contribution is -0.274. The molecule has 3 heterocycles. The normalized spacial score (nSPS) is 30.6. The molecule has 0 spiro atoms. The first-order valence-electron chi connectivity index (χ1n) is 11.2. The van der Waals surface area contributed by atoms with E-state index in [0.29, 0.717) is 22.8 Å². The standard InChI is InChI=1S/C22H27F3N6O/c1-29-4-6-30(7-5-29)21-11-20(12-21,13-21)18-9-16(28-31(18)15-2-3-15)14-8-17(19(26)27-10-14)32-22(23,24)25/h8-10,15H,2-7,11-13H2,1H3,(H2,26,27). The fourth-order valence-electron chi connectivity index (χ4n) is 5.95. The van der Waals surface area contributed by atoms with Crippen LogP contribution in [0.1, 0.15) is 43.8 Å². The van der Waals surface area contributed by atoms with Crippen molar-refractivity contribution < 1.29 is 17.9 Å². The van der Waals surface area contributed by atoms with Crippen LogP contribution in [0, 0.1) is 0 Å². The Morgan fingerprint density at radius 3 is 2.41 bits per heavy atom. The number of ether oxygens (including phenoxy) is 1. The van der Waals surface area contributed by atoms with Crippen molar-refractivity contribution in [2.75, 3.05) is 39.0 Å². The van der Waals surface area contributed by atoms with E-state index in [2.05, 4.69) is 37.3 Å². The Morgan fingerprint density at radius 1 is 1.09 bits per heavy atom. The van der Waals surface area contributed by atoms with Gasteiger partial charge in [0, 0.05) is 54.6 Å². The maximum atomic E-state index is 12.7. The van der Waals surface area contributed by atoms with Crippen molar-refractivity contribution in [2.45, 2.75) is 55.5 Å². The van der Waals surface area contributed by atoms with E-state index in [9.17, 15) is 13.2 Å². The van der Waals surface area contributed by atoms with Crippen LogP contribution in [0.3, 0.4) is 0 Å². The van der Waals surface area contributed by atoms with Crippen LogP contribution in [0.2, 0.25) is 0 Å². The lowest BCUT2D eigenvalue weighted by Gasteiger charge is -2.74. The van der Waals surface area contributed by atoms with E-state index in [4.69, 9.17) is 10.8 Å². The first-order chi connectivity index (χ1) is 15.2. The van der Waals surface area contributed by atoms with Crippen molar-refractivity contribution in [3.8, 4) is 17.0 Å². The quantitative estimate of drug-likeness (QED) is 0.758. The molecule has 2 aromatic heterocycles. The minimum absolute atomic E-state index is 0.143. The van der Waals surface area contributed by atoms with Gasteiger partial charge in [0.05, 0.1) is 11.7 Å². The Labute approximate surface area is 184 Å². The molecule has 2 bridgehead atoms. The first-order valence-corrected chi connectivity index (χ1v) is 11.2. The zero-order valence-corrected chi connectivity index (χ0v) is 18.0. The van der Waals surface area contributed by atoms with Gasteiger partial charge in [-0.05, 0) is 51.3 Å². The number of rotatable bonds is 5. The molecule has 1 aliphatic heterocycles. The van der Waals surface area contributed by atoms with Crippen LogP contribution in [0.4, 0.5) is 19.0 Å². The second-order valence-electron chi connectivity index (χ2n) is 10.1. The van der Waals surface area contributed by atoms with Gasteiger partial charge in [-0.25, -0.2) is 4.98 Å². The lowest BCUT2D eigenvalue weighted by atomic mass is 9.37. The van der Waals surface area contributed by atoms with Crippen molar-refractivity contribution >= 4 is 5.82 Å². The number of anilines is 1. The van der Waals surface area contributed by atoms with Crippen LogP contribution in [-0.2, 0) is 5.41 Å². The number of piperazine rings is 1. The van der Waals surface area contributed by atoms with Gasteiger partial charge in [-0.3, -0.25) is 9.58 Å². The molecule has 4 saturated carbocycles. The predicted octanol–water partition coefficient (Wildman–Crippen LogP) is 3.18. The van der Waals surface area contributed by atoms with Gasteiger partial charge in [0.2, 0.25) is 0 Å². The second kappa shape index (κ2) is 6.60. The van der Waals surface area contributed by atoms with Crippen LogP contribution >= 0.6 is 0 Å². The maximum absolute atomic E-state index is 12.7. The molecule has 10 heteroatoms. The third kappa shape index (κ3) is 3.18. The van der Waals surface area contributed by atoms with E-state index in [-0.39, 0.29) is 11.2 Å². The molecule has 0 amide bonds. The Morgan fingerprint density at radius 2 is 1.78 bits per heavy atom. The predicted molar refractivity (Wildman–Crippen MR) is 112 cm³/mol. The van der Waals surface area contributed by atoms with E-state index in [1.165, 1.54) is 18.0 Å². The van der Waals surface area contributed by atoms with Crippen LogP contribution < -0.4 is 10.5 Å². The maximum Gasteiger partial charge on any atom is 0.573 e. The Bertz CT molecular complexity index is 1030. The first kappa shape index (κ1) is 20.3. The minimum Gasteiger partial charge on any atom is -0.402 e. The minimum atomic E-state index is -4.82. The van der Waals surface area contributed by atoms with Gasteiger partial charge in [-0.2, -0.15) is 5.10 Å². The molecule has 2 aromatic rings. The second-order valence-corrected chi connectivity index (χ2v) is 10.1. The smallest absolute Gasteiger partial charge is 0.402 e. The number of alkyl halides is 3. The van der Waals surface area contributed by atoms with E-state index in [1.54, 1.807) is 0 Å². The summed E-state index contributed by atoms with van der Waals surface area (Å²) in [7, 11) is 2.17. The average molecular weight is 448 g/mol. The zero-order valence-electron chi connectivity index (χ0n) is 18.0. The Balaban J connectivity index is 1.26.